The lowest BCUT2D eigenvalue weighted by molar-refractivity contribution is 0.00622. The Hall–Kier alpha value is -2.31. The highest BCUT2D eigenvalue weighted by Crippen LogP contribution is 2.24. The van der Waals surface area contributed by atoms with Crippen LogP contribution in [0.5, 0.6) is 0 Å². The molecule has 1 aromatic carbocycles. The number of hydrogen-bond acceptors (Lipinski definition) is 5. The Bertz CT molecular complexity index is 851. The zero-order chi connectivity index (χ0) is 21.6. The van der Waals surface area contributed by atoms with E-state index >= 15 is 0 Å². The summed E-state index contributed by atoms with van der Waals surface area (Å²) < 4.78 is 10.7. The fourth-order valence-corrected chi connectivity index (χ4v) is 3.10. The number of hydrogen-bond donors (Lipinski definition) is 2. The first-order valence-corrected chi connectivity index (χ1v) is 10.1. The molecule has 0 amide bonds. The molecule has 0 atom stereocenters. The molecule has 2 aromatic rings. The number of carbonyl (C=O) groups excluding carboxylic acids is 2. The maximum absolute atomic E-state index is 12.7. The molecule has 2 rings (SSSR count). The number of ether oxygens (including phenoxy) is 2. The fourth-order valence-electron chi connectivity index (χ4n) is 2.97. The first-order valence-electron chi connectivity index (χ1n) is 9.75. The minimum Gasteiger partial charge on any atom is -0.462 e. The van der Waals surface area contributed by atoms with Crippen molar-refractivity contribution in [1.82, 2.24) is 10.3 Å². The van der Waals surface area contributed by atoms with Crippen molar-refractivity contribution >= 4 is 23.5 Å². The van der Waals surface area contributed by atoms with Gasteiger partial charge in [-0.3, -0.25) is 0 Å². The molecule has 0 radical (unpaired) electrons. The molecule has 158 valence electrons. The van der Waals surface area contributed by atoms with Crippen molar-refractivity contribution in [2.24, 2.45) is 0 Å². The van der Waals surface area contributed by atoms with E-state index in [4.69, 9.17) is 21.1 Å². The maximum atomic E-state index is 12.7. The number of halogens is 1. The summed E-state index contributed by atoms with van der Waals surface area (Å²) in [5, 5.41) is 3.97. The molecule has 0 spiro atoms. The molecule has 0 bridgehead atoms. The largest absolute Gasteiger partial charge is 0.462 e. The first-order chi connectivity index (χ1) is 13.7. The van der Waals surface area contributed by atoms with Gasteiger partial charge >= 0.3 is 11.9 Å². The highest BCUT2D eigenvalue weighted by atomic mass is 35.5. The molecule has 0 unspecified atom stereocenters. The van der Waals surface area contributed by atoms with E-state index in [0.29, 0.717) is 47.0 Å². The zero-order valence-corrected chi connectivity index (χ0v) is 18.4. The van der Waals surface area contributed by atoms with E-state index in [1.54, 1.807) is 27.7 Å². The summed E-state index contributed by atoms with van der Waals surface area (Å²) in [6.45, 7) is 10.3. The molecule has 7 heteroatoms. The molecule has 0 fully saturated rings. The van der Waals surface area contributed by atoms with Crippen LogP contribution in [0.2, 0.25) is 5.02 Å². The van der Waals surface area contributed by atoms with Gasteiger partial charge in [0, 0.05) is 23.8 Å². The third-order valence-electron chi connectivity index (χ3n) is 4.16. The Kier molecular flexibility index (Phi) is 7.88. The number of H-pyrrole nitrogens is 1. The lowest BCUT2D eigenvalue weighted by Crippen LogP contribution is -2.24. The van der Waals surface area contributed by atoms with Crippen LogP contribution in [0.1, 0.15) is 72.3 Å². The second-order valence-electron chi connectivity index (χ2n) is 7.64. The van der Waals surface area contributed by atoms with E-state index in [1.165, 1.54) is 0 Å². The minimum absolute atomic E-state index is 0.257. The Morgan fingerprint density at radius 1 is 1.07 bits per heavy atom. The summed E-state index contributed by atoms with van der Waals surface area (Å²) in [7, 11) is 0. The molecule has 0 aliphatic rings. The van der Waals surface area contributed by atoms with Gasteiger partial charge in [-0.05, 0) is 57.4 Å². The fraction of sp³-hybridized carbons (Fsp3) is 0.455. The van der Waals surface area contributed by atoms with Crippen LogP contribution in [0, 0.1) is 0 Å². The molecular weight excluding hydrogens is 392 g/mol. The summed E-state index contributed by atoms with van der Waals surface area (Å²) in [5.74, 6) is -0.928. The van der Waals surface area contributed by atoms with Gasteiger partial charge in [-0.1, -0.05) is 30.7 Å². The lowest BCUT2D eigenvalue weighted by atomic mass is 10.1. The van der Waals surface area contributed by atoms with E-state index in [2.05, 4.69) is 10.3 Å². The van der Waals surface area contributed by atoms with Gasteiger partial charge < -0.3 is 19.8 Å². The van der Waals surface area contributed by atoms with Gasteiger partial charge in [0.25, 0.3) is 0 Å². The number of esters is 2. The number of nitrogens with one attached hydrogen (secondary N) is 2. The lowest BCUT2D eigenvalue weighted by Gasteiger charge is -2.19. The van der Waals surface area contributed by atoms with Crippen LogP contribution in [0.4, 0.5) is 0 Å². The second-order valence-corrected chi connectivity index (χ2v) is 8.07. The summed E-state index contributed by atoms with van der Waals surface area (Å²) in [6.07, 6.45) is 0.496. The number of carbonyl (C=O) groups is 2. The molecule has 0 aliphatic carbocycles. The topological polar surface area (TPSA) is 80.4 Å². The van der Waals surface area contributed by atoms with E-state index < -0.39 is 17.5 Å². The van der Waals surface area contributed by atoms with Crippen LogP contribution in [0.25, 0.3) is 0 Å². The molecule has 0 saturated carbocycles. The van der Waals surface area contributed by atoms with Crippen LogP contribution in [0.3, 0.4) is 0 Å². The van der Waals surface area contributed by atoms with Crippen LogP contribution in [-0.2, 0) is 29.0 Å². The quantitative estimate of drug-likeness (QED) is 0.607. The highest BCUT2D eigenvalue weighted by Gasteiger charge is 2.28. The molecule has 1 heterocycles. The average Bonchev–Trinajstić information content (AvgIpc) is 3.01. The summed E-state index contributed by atoms with van der Waals surface area (Å²) in [5.41, 5.74) is 2.34. The third-order valence-corrected chi connectivity index (χ3v) is 4.41. The number of aromatic amines is 1. The molecule has 2 N–H and O–H groups in total. The van der Waals surface area contributed by atoms with Gasteiger partial charge in [0.2, 0.25) is 0 Å². The van der Waals surface area contributed by atoms with Crippen molar-refractivity contribution in [2.45, 2.75) is 59.7 Å². The molecule has 0 aliphatic heterocycles. The van der Waals surface area contributed by atoms with Gasteiger partial charge in [-0.2, -0.15) is 0 Å². The van der Waals surface area contributed by atoms with Crippen molar-refractivity contribution in [3.8, 4) is 0 Å². The molecule has 6 nitrogen and oxygen atoms in total. The summed E-state index contributed by atoms with van der Waals surface area (Å²) in [4.78, 5) is 28.4. The average molecular weight is 421 g/mol. The second kappa shape index (κ2) is 9.94. The van der Waals surface area contributed by atoms with Crippen molar-refractivity contribution in [3.05, 3.63) is 57.4 Å². The third kappa shape index (κ3) is 6.34. The molecule has 29 heavy (non-hydrogen) atoms. The normalized spacial score (nSPS) is 11.4. The van der Waals surface area contributed by atoms with Crippen molar-refractivity contribution in [2.75, 3.05) is 6.61 Å². The van der Waals surface area contributed by atoms with Crippen LogP contribution >= 0.6 is 11.6 Å². The number of rotatable bonds is 8. The number of aromatic nitrogens is 1. The van der Waals surface area contributed by atoms with E-state index in [9.17, 15) is 9.59 Å². The summed E-state index contributed by atoms with van der Waals surface area (Å²) >= 11 is 5.92. The Morgan fingerprint density at radius 3 is 2.28 bits per heavy atom. The summed E-state index contributed by atoms with van der Waals surface area (Å²) in [6, 6.07) is 7.51. The van der Waals surface area contributed by atoms with Crippen LogP contribution in [0.15, 0.2) is 24.3 Å². The van der Waals surface area contributed by atoms with Gasteiger partial charge in [-0.15, -0.1) is 0 Å². The van der Waals surface area contributed by atoms with Crippen molar-refractivity contribution < 1.29 is 19.1 Å². The Labute approximate surface area is 176 Å². The van der Waals surface area contributed by atoms with Crippen LogP contribution < -0.4 is 5.32 Å². The smallest absolute Gasteiger partial charge is 0.355 e. The van der Waals surface area contributed by atoms with Crippen LogP contribution in [-0.4, -0.2) is 29.1 Å². The molecule has 0 saturated heterocycles. The van der Waals surface area contributed by atoms with Gasteiger partial charge in [0.05, 0.1) is 12.2 Å². The van der Waals surface area contributed by atoms with E-state index in [1.807, 2.05) is 31.2 Å². The monoisotopic (exact) mass is 420 g/mol. The van der Waals surface area contributed by atoms with Gasteiger partial charge in [-0.25, -0.2) is 9.59 Å². The first kappa shape index (κ1) is 23.0. The SMILES string of the molecule is CCOC(=O)c1c(CNCc2ccc(Cl)cc2)[nH]c(C(=O)OC(C)(C)C)c1CC. The Balaban J connectivity index is 2.29. The predicted octanol–water partition coefficient (Wildman–Crippen LogP) is 4.65. The molecule has 1 aromatic heterocycles. The van der Waals surface area contributed by atoms with Crippen molar-refractivity contribution in [3.63, 3.8) is 0 Å². The number of benzene rings is 1. The zero-order valence-electron chi connectivity index (χ0n) is 17.6. The predicted molar refractivity (Wildman–Crippen MR) is 113 cm³/mol. The molecular formula is C22H29ClN2O4. The van der Waals surface area contributed by atoms with Crippen molar-refractivity contribution in [1.29, 1.82) is 0 Å². The standard InChI is InChI=1S/C22H29ClN2O4/c1-6-16-18(20(26)28-7-2)17(25-19(16)21(27)29-22(3,4)5)13-24-12-14-8-10-15(23)11-9-14/h8-11,24-25H,6-7,12-13H2,1-5H3. The maximum Gasteiger partial charge on any atom is 0.355 e. The van der Waals surface area contributed by atoms with E-state index in [-0.39, 0.29) is 6.61 Å². The highest BCUT2D eigenvalue weighted by molar-refractivity contribution is 6.30. The van der Waals surface area contributed by atoms with E-state index in [0.717, 1.165) is 5.56 Å². The van der Waals surface area contributed by atoms with Gasteiger partial charge in [0.15, 0.2) is 0 Å². The minimum atomic E-state index is -0.635. The Morgan fingerprint density at radius 2 is 1.72 bits per heavy atom. The van der Waals surface area contributed by atoms with Gasteiger partial charge in [0.1, 0.15) is 11.3 Å².